The van der Waals surface area contributed by atoms with Crippen molar-refractivity contribution in [2.45, 2.75) is 67.0 Å². The van der Waals surface area contributed by atoms with E-state index in [1.54, 1.807) is 13.8 Å². The lowest BCUT2D eigenvalue weighted by molar-refractivity contribution is -0.0608. The number of halogens is 1. The molecule has 0 aliphatic carbocycles. The highest BCUT2D eigenvalue weighted by atomic mass is 19.1. The third-order valence-corrected chi connectivity index (χ3v) is 4.35. The molecule has 0 aromatic carbocycles. The molecule has 0 radical (unpaired) electrons. The zero-order chi connectivity index (χ0) is 12.5. The molecule has 0 aromatic rings. The van der Waals surface area contributed by atoms with E-state index in [2.05, 4.69) is 27.4 Å². The highest BCUT2D eigenvalue weighted by Gasteiger charge is 2.50. The first-order chi connectivity index (χ1) is 6.48. The van der Waals surface area contributed by atoms with Gasteiger partial charge in [-0.15, -0.1) is 6.58 Å². The van der Waals surface area contributed by atoms with Crippen molar-refractivity contribution in [2.24, 2.45) is 10.8 Å². The predicted octanol–water partition coefficient (Wildman–Crippen LogP) is 5.14. The van der Waals surface area contributed by atoms with E-state index in [0.717, 1.165) is 18.4 Å². The SMILES string of the molecule is C=C(C)CC(C)(C(C)(C)F)C(C)(C)CC. The van der Waals surface area contributed by atoms with Gasteiger partial charge < -0.3 is 0 Å². The minimum Gasteiger partial charge on any atom is -0.244 e. The molecule has 15 heavy (non-hydrogen) atoms. The molecule has 0 saturated heterocycles. The second kappa shape index (κ2) is 4.27. The average Bonchev–Trinajstić information content (AvgIpc) is 2.00. The van der Waals surface area contributed by atoms with Crippen LogP contribution < -0.4 is 0 Å². The number of allylic oxidation sites excluding steroid dienone is 1. The average molecular weight is 214 g/mol. The molecule has 0 aliphatic heterocycles. The van der Waals surface area contributed by atoms with E-state index in [1.165, 1.54) is 0 Å². The summed E-state index contributed by atoms with van der Waals surface area (Å²) in [5.41, 5.74) is -0.513. The Kier molecular flexibility index (Phi) is 4.18. The zero-order valence-electron chi connectivity index (χ0n) is 11.5. The second-order valence-electron chi connectivity index (χ2n) is 6.18. The molecule has 0 aromatic heterocycles. The first kappa shape index (κ1) is 14.7. The van der Waals surface area contributed by atoms with E-state index in [4.69, 9.17) is 0 Å². The molecule has 1 unspecified atom stereocenters. The van der Waals surface area contributed by atoms with Crippen molar-refractivity contribution in [1.82, 2.24) is 0 Å². The van der Waals surface area contributed by atoms with Crippen LogP contribution in [0.3, 0.4) is 0 Å². The maximum atomic E-state index is 14.4. The molecule has 1 heteroatoms. The Labute approximate surface area is 95.0 Å². The molecular formula is C14H27F. The number of alkyl halides is 1. The van der Waals surface area contributed by atoms with Crippen LogP contribution in [-0.4, -0.2) is 5.67 Å². The molecule has 90 valence electrons. The summed E-state index contributed by atoms with van der Waals surface area (Å²) in [6, 6.07) is 0. The van der Waals surface area contributed by atoms with Crippen LogP contribution in [-0.2, 0) is 0 Å². The maximum absolute atomic E-state index is 14.4. The Morgan fingerprint density at radius 3 is 1.73 bits per heavy atom. The topological polar surface area (TPSA) is 0 Å². The normalized spacial score (nSPS) is 17.3. The van der Waals surface area contributed by atoms with E-state index in [0.29, 0.717) is 0 Å². The van der Waals surface area contributed by atoms with Crippen LogP contribution in [0.5, 0.6) is 0 Å². The van der Waals surface area contributed by atoms with Gasteiger partial charge in [0.1, 0.15) is 5.67 Å². The minimum absolute atomic E-state index is 0.0236. The molecule has 0 N–H and O–H groups in total. The number of hydrogen-bond donors (Lipinski definition) is 0. The van der Waals surface area contributed by atoms with Gasteiger partial charge in [0.15, 0.2) is 0 Å². The fraction of sp³-hybridized carbons (Fsp3) is 0.857. The van der Waals surface area contributed by atoms with Gasteiger partial charge in [-0.2, -0.15) is 0 Å². The van der Waals surface area contributed by atoms with Gasteiger partial charge in [0.05, 0.1) is 0 Å². The lowest BCUT2D eigenvalue weighted by Crippen LogP contribution is -2.48. The highest BCUT2D eigenvalue weighted by molar-refractivity contribution is 5.07. The molecule has 0 spiro atoms. The van der Waals surface area contributed by atoms with E-state index < -0.39 is 5.67 Å². The summed E-state index contributed by atoms with van der Waals surface area (Å²) in [4.78, 5) is 0. The van der Waals surface area contributed by atoms with Crippen LogP contribution in [0.15, 0.2) is 12.2 Å². The second-order valence-corrected chi connectivity index (χ2v) is 6.18. The Hall–Kier alpha value is -0.330. The summed E-state index contributed by atoms with van der Waals surface area (Å²) in [5.74, 6) is 0. The van der Waals surface area contributed by atoms with Gasteiger partial charge in [0.2, 0.25) is 0 Å². The van der Waals surface area contributed by atoms with Gasteiger partial charge in [0, 0.05) is 5.41 Å². The zero-order valence-corrected chi connectivity index (χ0v) is 11.5. The molecule has 0 nitrogen and oxygen atoms in total. The molecule has 0 fully saturated rings. The Balaban J connectivity index is 5.31. The van der Waals surface area contributed by atoms with Crippen LogP contribution >= 0.6 is 0 Å². The predicted molar refractivity (Wildman–Crippen MR) is 66.8 cm³/mol. The Bertz CT molecular complexity index is 232. The summed E-state index contributed by atoms with van der Waals surface area (Å²) in [6.07, 6.45) is 1.72. The molecular weight excluding hydrogens is 187 g/mol. The Morgan fingerprint density at radius 2 is 1.53 bits per heavy atom. The first-order valence-corrected chi connectivity index (χ1v) is 5.81. The third-order valence-electron chi connectivity index (χ3n) is 4.35. The monoisotopic (exact) mass is 214 g/mol. The third kappa shape index (κ3) is 2.83. The van der Waals surface area contributed by atoms with Crippen LogP contribution in [0.1, 0.15) is 61.3 Å². The van der Waals surface area contributed by atoms with Crippen molar-refractivity contribution in [3.05, 3.63) is 12.2 Å². The molecule has 0 rings (SSSR count). The smallest absolute Gasteiger partial charge is 0.111 e. The van der Waals surface area contributed by atoms with Crippen molar-refractivity contribution in [3.63, 3.8) is 0 Å². The van der Waals surface area contributed by atoms with E-state index in [9.17, 15) is 4.39 Å². The number of hydrogen-bond acceptors (Lipinski definition) is 0. The standard InChI is InChI=1S/C14H27F/c1-9-12(4,5)14(8,10-11(2)3)13(6,7)15/h2,9-10H2,1,3-8H3. The molecule has 0 aliphatic rings. The van der Waals surface area contributed by atoms with Crippen molar-refractivity contribution >= 4 is 0 Å². The van der Waals surface area contributed by atoms with Crippen LogP contribution in [0.25, 0.3) is 0 Å². The van der Waals surface area contributed by atoms with Crippen molar-refractivity contribution in [1.29, 1.82) is 0 Å². The Morgan fingerprint density at radius 1 is 1.13 bits per heavy atom. The minimum atomic E-state index is -1.19. The highest BCUT2D eigenvalue weighted by Crippen LogP contribution is 2.53. The summed E-state index contributed by atoms with van der Waals surface area (Å²) >= 11 is 0. The summed E-state index contributed by atoms with van der Waals surface area (Å²) in [7, 11) is 0. The van der Waals surface area contributed by atoms with Crippen molar-refractivity contribution in [3.8, 4) is 0 Å². The lowest BCUT2D eigenvalue weighted by atomic mass is 9.56. The summed E-state index contributed by atoms with van der Waals surface area (Å²) < 4.78 is 14.4. The van der Waals surface area contributed by atoms with Gasteiger partial charge in [-0.25, -0.2) is 4.39 Å². The van der Waals surface area contributed by atoms with E-state index in [-0.39, 0.29) is 10.8 Å². The summed E-state index contributed by atoms with van der Waals surface area (Å²) in [5, 5.41) is 0. The first-order valence-electron chi connectivity index (χ1n) is 5.81. The van der Waals surface area contributed by atoms with Crippen LogP contribution in [0, 0.1) is 10.8 Å². The quantitative estimate of drug-likeness (QED) is 0.556. The van der Waals surface area contributed by atoms with Gasteiger partial charge in [-0.3, -0.25) is 0 Å². The molecule has 0 heterocycles. The van der Waals surface area contributed by atoms with E-state index in [1.807, 2.05) is 13.8 Å². The molecule has 0 amide bonds. The van der Waals surface area contributed by atoms with Gasteiger partial charge in [0.25, 0.3) is 0 Å². The fourth-order valence-electron chi connectivity index (χ4n) is 2.25. The molecule has 0 bridgehead atoms. The van der Waals surface area contributed by atoms with Crippen LogP contribution in [0.4, 0.5) is 4.39 Å². The van der Waals surface area contributed by atoms with Crippen molar-refractivity contribution < 1.29 is 4.39 Å². The molecule has 0 saturated carbocycles. The van der Waals surface area contributed by atoms with Crippen LogP contribution in [0.2, 0.25) is 0 Å². The number of rotatable bonds is 5. The van der Waals surface area contributed by atoms with Crippen molar-refractivity contribution in [2.75, 3.05) is 0 Å². The van der Waals surface area contributed by atoms with E-state index >= 15 is 0 Å². The van der Waals surface area contributed by atoms with Gasteiger partial charge in [-0.1, -0.05) is 39.7 Å². The fourth-order valence-corrected chi connectivity index (χ4v) is 2.25. The maximum Gasteiger partial charge on any atom is 0.111 e. The largest absolute Gasteiger partial charge is 0.244 e. The lowest BCUT2D eigenvalue weighted by Gasteiger charge is -2.50. The van der Waals surface area contributed by atoms with Gasteiger partial charge >= 0.3 is 0 Å². The molecule has 1 atom stereocenters. The summed E-state index contributed by atoms with van der Waals surface area (Å²) in [6.45, 7) is 17.8. The van der Waals surface area contributed by atoms with Gasteiger partial charge in [-0.05, 0) is 32.6 Å².